The van der Waals surface area contributed by atoms with Crippen LogP contribution < -0.4 is 5.32 Å². The van der Waals surface area contributed by atoms with Crippen LogP contribution in [0.25, 0.3) is 0 Å². The molecule has 2 heterocycles. The van der Waals surface area contributed by atoms with Gasteiger partial charge in [-0.25, -0.2) is 9.78 Å². The molecule has 2 amide bonds. The van der Waals surface area contributed by atoms with Gasteiger partial charge in [0.05, 0.1) is 12.6 Å². The number of nitrogens with zero attached hydrogens (tertiary/aromatic N) is 3. The van der Waals surface area contributed by atoms with E-state index < -0.39 is 0 Å². The van der Waals surface area contributed by atoms with Crippen molar-refractivity contribution in [3.05, 3.63) is 53.1 Å². The molecule has 27 heavy (non-hydrogen) atoms. The van der Waals surface area contributed by atoms with Crippen molar-refractivity contribution in [2.45, 2.75) is 39.5 Å². The molecule has 1 aromatic heterocycles. The molecule has 2 aromatic rings. The van der Waals surface area contributed by atoms with Crippen molar-refractivity contribution in [2.75, 3.05) is 26.2 Å². The van der Waals surface area contributed by atoms with Gasteiger partial charge >= 0.3 is 6.03 Å². The summed E-state index contributed by atoms with van der Waals surface area (Å²) >= 11 is 0. The fraction of sp³-hybridized carbons (Fsp3) is 0.500. The lowest BCUT2D eigenvalue weighted by atomic mass is 10.1. The van der Waals surface area contributed by atoms with Crippen molar-refractivity contribution < 1.29 is 9.90 Å². The summed E-state index contributed by atoms with van der Waals surface area (Å²) in [5, 5.41) is 12.6. The van der Waals surface area contributed by atoms with E-state index in [1.54, 1.807) is 6.20 Å². The van der Waals surface area contributed by atoms with E-state index in [-0.39, 0.29) is 18.7 Å². The van der Waals surface area contributed by atoms with Gasteiger partial charge in [-0.05, 0) is 24.5 Å². The molecule has 1 atom stereocenters. The minimum atomic E-state index is -0.0966. The van der Waals surface area contributed by atoms with Crippen LogP contribution in [0.4, 0.5) is 4.79 Å². The predicted molar refractivity (Wildman–Crippen MR) is 104 cm³/mol. The van der Waals surface area contributed by atoms with E-state index in [4.69, 9.17) is 0 Å². The maximum Gasteiger partial charge on any atom is 0.318 e. The summed E-state index contributed by atoms with van der Waals surface area (Å²) in [6.45, 7) is 7.90. The van der Waals surface area contributed by atoms with Crippen LogP contribution in [0, 0.1) is 6.92 Å². The molecule has 146 valence electrons. The summed E-state index contributed by atoms with van der Waals surface area (Å²) in [4.78, 5) is 24.4. The third kappa shape index (κ3) is 4.87. The lowest BCUT2D eigenvalue weighted by Crippen LogP contribution is -2.52. The first-order valence-electron chi connectivity index (χ1n) is 9.57. The third-order valence-electron chi connectivity index (χ3n) is 5.10. The predicted octanol–water partition coefficient (Wildman–Crippen LogP) is 2.19. The number of rotatable bonds is 6. The van der Waals surface area contributed by atoms with Gasteiger partial charge in [-0.2, -0.15) is 0 Å². The van der Waals surface area contributed by atoms with Crippen molar-refractivity contribution >= 4 is 6.03 Å². The van der Waals surface area contributed by atoms with E-state index in [1.165, 1.54) is 0 Å². The Bertz CT molecular complexity index is 752. The first kappa shape index (κ1) is 19.4. The molecule has 0 bridgehead atoms. The topological polar surface area (TPSA) is 84.5 Å². The maximum absolute atomic E-state index is 12.6. The number of aromatic nitrogens is 2. The van der Waals surface area contributed by atoms with Gasteiger partial charge in [-0.1, -0.05) is 31.2 Å². The number of aromatic amines is 1. The van der Waals surface area contributed by atoms with Gasteiger partial charge in [0.2, 0.25) is 0 Å². The number of amides is 2. The van der Waals surface area contributed by atoms with Gasteiger partial charge < -0.3 is 20.3 Å². The monoisotopic (exact) mass is 371 g/mol. The highest BCUT2D eigenvalue weighted by Gasteiger charge is 2.24. The van der Waals surface area contributed by atoms with Crippen LogP contribution >= 0.6 is 0 Å². The number of carbonyl (C=O) groups is 1. The van der Waals surface area contributed by atoms with Gasteiger partial charge in [-0.3, -0.25) is 4.90 Å². The number of imidazole rings is 1. The van der Waals surface area contributed by atoms with Gasteiger partial charge in [0.1, 0.15) is 5.82 Å². The van der Waals surface area contributed by atoms with Crippen LogP contribution in [-0.4, -0.2) is 57.1 Å². The zero-order valence-corrected chi connectivity index (χ0v) is 16.1. The average Bonchev–Trinajstić information content (AvgIpc) is 3.13. The Morgan fingerprint density at radius 3 is 2.56 bits per heavy atom. The van der Waals surface area contributed by atoms with Crippen molar-refractivity contribution in [3.63, 3.8) is 0 Å². The highest BCUT2D eigenvalue weighted by molar-refractivity contribution is 5.74. The summed E-state index contributed by atoms with van der Waals surface area (Å²) in [5.41, 5.74) is 3.11. The van der Waals surface area contributed by atoms with Crippen LogP contribution in [0.3, 0.4) is 0 Å². The molecular weight excluding hydrogens is 342 g/mol. The molecule has 3 rings (SSSR count). The Kier molecular flexibility index (Phi) is 6.47. The summed E-state index contributed by atoms with van der Waals surface area (Å²) in [5.74, 6) is 0.808. The number of aryl methyl sites for hydroxylation is 1. The first-order valence-corrected chi connectivity index (χ1v) is 9.57. The summed E-state index contributed by atoms with van der Waals surface area (Å²) in [7, 11) is 0. The average molecular weight is 371 g/mol. The fourth-order valence-corrected chi connectivity index (χ4v) is 3.43. The molecule has 0 aliphatic carbocycles. The minimum absolute atomic E-state index is 0.0358. The Morgan fingerprint density at radius 2 is 1.96 bits per heavy atom. The maximum atomic E-state index is 12.6. The number of aliphatic hydroxyl groups excluding tert-OH is 1. The molecule has 1 unspecified atom stereocenters. The second kappa shape index (κ2) is 9.01. The number of hydrogen-bond donors (Lipinski definition) is 3. The van der Waals surface area contributed by atoms with E-state index >= 15 is 0 Å². The number of benzene rings is 1. The van der Waals surface area contributed by atoms with Gasteiger partial charge in [0.15, 0.2) is 0 Å². The number of piperazine rings is 1. The summed E-state index contributed by atoms with van der Waals surface area (Å²) in [6.07, 6.45) is 2.57. The third-order valence-corrected chi connectivity index (χ3v) is 5.10. The number of H-pyrrole nitrogens is 1. The number of hydrogen-bond acceptors (Lipinski definition) is 4. The largest absolute Gasteiger partial charge is 0.392 e. The highest BCUT2D eigenvalue weighted by Crippen LogP contribution is 2.16. The number of urea groups is 1. The van der Waals surface area contributed by atoms with Crippen molar-refractivity contribution in [2.24, 2.45) is 0 Å². The second-order valence-corrected chi connectivity index (χ2v) is 7.05. The summed E-state index contributed by atoms with van der Waals surface area (Å²) < 4.78 is 0. The Morgan fingerprint density at radius 1 is 1.26 bits per heavy atom. The number of aliphatic hydroxyl groups is 1. The molecule has 1 saturated heterocycles. The summed E-state index contributed by atoms with van der Waals surface area (Å²) in [6, 6.07) is 7.83. The molecular formula is C20H29N5O2. The van der Waals surface area contributed by atoms with E-state index in [0.717, 1.165) is 48.7 Å². The normalized spacial score (nSPS) is 16.3. The Hall–Kier alpha value is -2.38. The van der Waals surface area contributed by atoms with Crippen LogP contribution in [0.5, 0.6) is 0 Å². The molecule has 7 nitrogen and oxygen atoms in total. The van der Waals surface area contributed by atoms with Gasteiger partial charge in [-0.15, -0.1) is 0 Å². The van der Waals surface area contributed by atoms with Crippen molar-refractivity contribution in [1.82, 2.24) is 25.1 Å². The Labute approximate surface area is 160 Å². The van der Waals surface area contributed by atoms with Crippen molar-refractivity contribution in [3.8, 4) is 0 Å². The lowest BCUT2D eigenvalue weighted by molar-refractivity contribution is 0.132. The fourth-order valence-electron chi connectivity index (χ4n) is 3.43. The molecule has 1 fully saturated rings. The quantitative estimate of drug-likeness (QED) is 0.727. The second-order valence-electron chi connectivity index (χ2n) is 7.05. The van der Waals surface area contributed by atoms with Crippen LogP contribution in [0.15, 0.2) is 30.5 Å². The van der Waals surface area contributed by atoms with Crippen LogP contribution in [0.2, 0.25) is 0 Å². The smallest absolute Gasteiger partial charge is 0.318 e. The van der Waals surface area contributed by atoms with Crippen LogP contribution in [0.1, 0.15) is 42.0 Å². The molecule has 7 heteroatoms. The van der Waals surface area contributed by atoms with Crippen molar-refractivity contribution in [1.29, 1.82) is 0 Å². The Balaban J connectivity index is 1.51. The molecule has 0 radical (unpaired) electrons. The molecule has 3 N–H and O–H groups in total. The highest BCUT2D eigenvalue weighted by atomic mass is 16.3. The van der Waals surface area contributed by atoms with E-state index in [0.29, 0.717) is 13.1 Å². The standard InChI is InChI=1S/C20H29N5O2/c1-3-18(19-21-12-15(2)22-19)23-20(27)25-10-8-24(9-11-25)13-16-6-4-5-7-17(16)14-26/h4-7,12,18,26H,3,8-11,13-14H2,1-2H3,(H,21,22)(H,23,27). The molecule has 0 spiro atoms. The molecule has 1 aromatic carbocycles. The van der Waals surface area contributed by atoms with Gasteiger partial charge in [0, 0.05) is 44.6 Å². The minimum Gasteiger partial charge on any atom is -0.392 e. The molecule has 1 aliphatic heterocycles. The van der Waals surface area contributed by atoms with Gasteiger partial charge in [0.25, 0.3) is 0 Å². The number of carbonyl (C=O) groups excluding carboxylic acids is 1. The van der Waals surface area contributed by atoms with E-state index in [9.17, 15) is 9.90 Å². The molecule has 1 aliphatic rings. The van der Waals surface area contributed by atoms with Crippen LogP contribution in [-0.2, 0) is 13.2 Å². The zero-order valence-electron chi connectivity index (χ0n) is 16.1. The number of nitrogens with one attached hydrogen (secondary N) is 2. The SMILES string of the molecule is CCC(NC(=O)N1CCN(Cc2ccccc2CO)CC1)c1ncc(C)[nH]1. The lowest BCUT2D eigenvalue weighted by Gasteiger charge is -2.35. The zero-order chi connectivity index (χ0) is 19.2. The molecule has 0 saturated carbocycles. The van der Waals surface area contributed by atoms with E-state index in [1.807, 2.05) is 36.9 Å². The van der Waals surface area contributed by atoms with E-state index in [2.05, 4.69) is 26.3 Å². The first-order chi connectivity index (χ1) is 13.1.